The van der Waals surface area contributed by atoms with E-state index in [0.717, 1.165) is 29.9 Å². The molecule has 152 valence electrons. The van der Waals surface area contributed by atoms with Crippen molar-refractivity contribution in [1.82, 2.24) is 34.7 Å². The second-order valence-electron chi connectivity index (χ2n) is 7.36. The molecule has 1 aromatic carbocycles. The van der Waals surface area contributed by atoms with Crippen molar-refractivity contribution in [1.29, 1.82) is 0 Å². The smallest absolute Gasteiger partial charge is 0.337 e. The Bertz CT molecular complexity index is 1040. The van der Waals surface area contributed by atoms with E-state index in [4.69, 9.17) is 0 Å². The molecular formula is C20H25N7O2. The minimum atomic E-state index is -0.174. The number of rotatable bonds is 5. The summed E-state index contributed by atoms with van der Waals surface area (Å²) in [6.45, 7) is 6.21. The second-order valence-corrected chi connectivity index (χ2v) is 7.36. The first-order valence-electron chi connectivity index (χ1n) is 9.96. The van der Waals surface area contributed by atoms with E-state index in [1.165, 1.54) is 0 Å². The van der Waals surface area contributed by atoms with Gasteiger partial charge in [0.25, 0.3) is 5.91 Å². The highest BCUT2D eigenvalue weighted by Gasteiger charge is 2.30. The van der Waals surface area contributed by atoms with Crippen LogP contribution in [0.25, 0.3) is 0 Å². The maximum Gasteiger partial charge on any atom is 0.343 e. The molecule has 0 saturated carbocycles. The van der Waals surface area contributed by atoms with Gasteiger partial charge in [0, 0.05) is 25.6 Å². The Kier molecular flexibility index (Phi) is 5.28. The normalized spacial score (nSPS) is 15.0. The first-order valence-corrected chi connectivity index (χ1v) is 9.96. The Morgan fingerprint density at radius 1 is 1.21 bits per heavy atom. The summed E-state index contributed by atoms with van der Waals surface area (Å²) < 4.78 is 3.43. The zero-order valence-corrected chi connectivity index (χ0v) is 16.7. The molecule has 1 N–H and O–H groups in total. The molecule has 1 aliphatic rings. The van der Waals surface area contributed by atoms with E-state index in [2.05, 4.69) is 20.5 Å². The van der Waals surface area contributed by atoms with E-state index in [-0.39, 0.29) is 17.5 Å². The van der Waals surface area contributed by atoms with Gasteiger partial charge in [-0.1, -0.05) is 35.5 Å². The van der Waals surface area contributed by atoms with Gasteiger partial charge in [-0.2, -0.15) is 5.10 Å². The van der Waals surface area contributed by atoms with Crippen LogP contribution in [0.15, 0.2) is 35.1 Å². The highest BCUT2D eigenvalue weighted by Crippen LogP contribution is 2.27. The molecule has 4 rings (SSSR count). The van der Waals surface area contributed by atoms with E-state index in [0.29, 0.717) is 31.9 Å². The van der Waals surface area contributed by atoms with Crippen molar-refractivity contribution in [3.05, 3.63) is 63.6 Å². The van der Waals surface area contributed by atoms with Crippen LogP contribution < -0.4 is 5.69 Å². The number of aromatic amines is 1. The lowest BCUT2D eigenvalue weighted by Gasteiger charge is -2.31. The standard InChI is InChI=1S/C20H25N7O2/c1-3-26-18(22-23-20(26)29)16-9-11-25(12-10-16)19(28)17-14(2)27(24-21-17)13-15-7-5-4-6-8-15/h4-8,16H,3,9-13H2,1-2H3,(H,23,29). The van der Waals surface area contributed by atoms with Crippen LogP contribution in [0.3, 0.4) is 0 Å². The van der Waals surface area contributed by atoms with E-state index in [9.17, 15) is 9.59 Å². The van der Waals surface area contributed by atoms with Crippen LogP contribution in [0.4, 0.5) is 0 Å². The number of aromatic nitrogens is 6. The highest BCUT2D eigenvalue weighted by molar-refractivity contribution is 5.93. The molecule has 0 radical (unpaired) electrons. The van der Waals surface area contributed by atoms with Crippen LogP contribution in [0.5, 0.6) is 0 Å². The molecule has 1 aliphatic heterocycles. The van der Waals surface area contributed by atoms with Crippen LogP contribution in [0, 0.1) is 6.92 Å². The minimum absolute atomic E-state index is 0.0878. The van der Waals surface area contributed by atoms with Crippen LogP contribution in [0.2, 0.25) is 0 Å². The molecule has 1 saturated heterocycles. The average Bonchev–Trinajstić information content (AvgIpc) is 3.31. The number of amides is 1. The van der Waals surface area contributed by atoms with E-state index in [1.54, 1.807) is 9.25 Å². The number of hydrogen-bond donors (Lipinski definition) is 1. The van der Waals surface area contributed by atoms with Crippen LogP contribution in [0.1, 0.15) is 53.3 Å². The van der Waals surface area contributed by atoms with Gasteiger partial charge in [0.1, 0.15) is 5.82 Å². The van der Waals surface area contributed by atoms with Crippen LogP contribution >= 0.6 is 0 Å². The first kappa shape index (κ1) is 19.1. The highest BCUT2D eigenvalue weighted by atomic mass is 16.2. The molecule has 9 heteroatoms. The van der Waals surface area contributed by atoms with Crippen LogP contribution in [-0.4, -0.2) is 53.7 Å². The summed E-state index contributed by atoms with van der Waals surface area (Å²) >= 11 is 0. The van der Waals surface area contributed by atoms with Gasteiger partial charge in [-0.3, -0.25) is 9.36 Å². The Hall–Kier alpha value is -3.23. The Morgan fingerprint density at radius 2 is 1.93 bits per heavy atom. The Labute approximate surface area is 168 Å². The van der Waals surface area contributed by atoms with Gasteiger partial charge in [-0.05, 0) is 32.3 Å². The van der Waals surface area contributed by atoms with Crippen molar-refractivity contribution in [2.45, 2.75) is 45.7 Å². The van der Waals surface area contributed by atoms with Crippen molar-refractivity contribution in [3.8, 4) is 0 Å². The predicted molar refractivity (Wildman–Crippen MR) is 107 cm³/mol. The fourth-order valence-corrected chi connectivity index (χ4v) is 3.90. The minimum Gasteiger partial charge on any atom is -0.337 e. The third-order valence-corrected chi connectivity index (χ3v) is 5.61. The number of H-pyrrole nitrogens is 1. The summed E-state index contributed by atoms with van der Waals surface area (Å²) in [5, 5.41) is 15.1. The summed E-state index contributed by atoms with van der Waals surface area (Å²) in [6.07, 6.45) is 1.54. The molecule has 3 aromatic rings. The third kappa shape index (κ3) is 3.72. The number of carbonyl (C=O) groups excluding carboxylic acids is 1. The summed E-state index contributed by atoms with van der Waals surface area (Å²) in [7, 11) is 0. The molecule has 29 heavy (non-hydrogen) atoms. The first-order chi connectivity index (χ1) is 14.1. The lowest BCUT2D eigenvalue weighted by Crippen LogP contribution is -2.39. The van der Waals surface area contributed by atoms with E-state index < -0.39 is 0 Å². The number of piperidine rings is 1. The van der Waals surface area contributed by atoms with Crippen molar-refractivity contribution >= 4 is 5.91 Å². The molecule has 0 aliphatic carbocycles. The van der Waals surface area contributed by atoms with Crippen molar-refractivity contribution in [2.75, 3.05) is 13.1 Å². The molecule has 0 spiro atoms. The summed E-state index contributed by atoms with van der Waals surface area (Å²) in [4.78, 5) is 26.6. The monoisotopic (exact) mass is 395 g/mol. The number of benzene rings is 1. The summed E-state index contributed by atoms with van der Waals surface area (Å²) in [5.74, 6) is 0.873. The molecule has 0 bridgehead atoms. The van der Waals surface area contributed by atoms with Gasteiger partial charge in [0.15, 0.2) is 5.69 Å². The second kappa shape index (κ2) is 8.02. The quantitative estimate of drug-likeness (QED) is 0.706. The predicted octanol–water partition coefficient (Wildman–Crippen LogP) is 1.56. The third-order valence-electron chi connectivity index (χ3n) is 5.61. The van der Waals surface area contributed by atoms with Gasteiger partial charge in [-0.15, -0.1) is 5.10 Å². The molecule has 3 heterocycles. The molecule has 2 aromatic heterocycles. The SMILES string of the molecule is CCn1c(C2CCN(C(=O)c3nnn(Cc4ccccc4)c3C)CC2)n[nH]c1=O. The fourth-order valence-electron chi connectivity index (χ4n) is 3.90. The van der Waals surface area contributed by atoms with Crippen molar-refractivity contribution < 1.29 is 4.79 Å². The summed E-state index contributed by atoms with van der Waals surface area (Å²) in [5.41, 5.74) is 2.12. The number of carbonyl (C=O) groups is 1. The number of hydrogen-bond acceptors (Lipinski definition) is 5. The van der Waals surface area contributed by atoms with Gasteiger partial charge in [0.05, 0.1) is 12.2 Å². The number of likely N-dealkylation sites (tertiary alicyclic amines) is 1. The average molecular weight is 395 g/mol. The lowest BCUT2D eigenvalue weighted by molar-refractivity contribution is 0.0703. The molecule has 1 amide bonds. The van der Waals surface area contributed by atoms with Gasteiger partial charge in [-0.25, -0.2) is 14.6 Å². The van der Waals surface area contributed by atoms with E-state index in [1.807, 2.05) is 49.1 Å². The largest absolute Gasteiger partial charge is 0.343 e. The topological polar surface area (TPSA) is 102 Å². The molecule has 1 fully saturated rings. The van der Waals surface area contributed by atoms with Crippen molar-refractivity contribution in [2.24, 2.45) is 0 Å². The molecule has 0 unspecified atom stereocenters. The number of nitrogens with one attached hydrogen (secondary N) is 1. The van der Waals surface area contributed by atoms with Gasteiger partial charge in [0.2, 0.25) is 0 Å². The lowest BCUT2D eigenvalue weighted by atomic mass is 9.95. The van der Waals surface area contributed by atoms with Crippen LogP contribution in [-0.2, 0) is 13.1 Å². The Morgan fingerprint density at radius 3 is 2.62 bits per heavy atom. The Balaban J connectivity index is 1.43. The fraction of sp³-hybridized carbons (Fsp3) is 0.450. The number of nitrogens with zero attached hydrogens (tertiary/aromatic N) is 6. The maximum absolute atomic E-state index is 13.0. The van der Waals surface area contributed by atoms with E-state index >= 15 is 0 Å². The molecule has 9 nitrogen and oxygen atoms in total. The van der Waals surface area contributed by atoms with Gasteiger partial charge < -0.3 is 4.90 Å². The maximum atomic E-state index is 13.0. The summed E-state index contributed by atoms with van der Waals surface area (Å²) in [6, 6.07) is 9.99. The molecule has 0 atom stereocenters. The zero-order chi connectivity index (χ0) is 20.4. The zero-order valence-electron chi connectivity index (χ0n) is 16.7. The van der Waals surface area contributed by atoms with Gasteiger partial charge >= 0.3 is 5.69 Å². The van der Waals surface area contributed by atoms with Crippen molar-refractivity contribution in [3.63, 3.8) is 0 Å². The molecular weight excluding hydrogens is 370 g/mol.